The minimum Gasteiger partial charge on any atom is -0.324 e. The van der Waals surface area contributed by atoms with E-state index in [0.29, 0.717) is 0 Å². The predicted molar refractivity (Wildman–Crippen MR) is 79.2 cm³/mol. The molecule has 0 radical (unpaired) electrons. The van der Waals surface area contributed by atoms with Crippen LogP contribution in [0.15, 0.2) is 58.3 Å². The molecule has 0 saturated heterocycles. The Labute approximate surface area is 117 Å². The molecule has 3 heteroatoms. The summed E-state index contributed by atoms with van der Waals surface area (Å²) in [6, 6.07) is 16.4. The second kappa shape index (κ2) is 6.28. The van der Waals surface area contributed by atoms with Crippen molar-refractivity contribution < 1.29 is 0 Å². The maximum absolute atomic E-state index is 5.99. The summed E-state index contributed by atoms with van der Waals surface area (Å²) in [5.74, 6) is 0. The summed E-state index contributed by atoms with van der Waals surface area (Å²) in [4.78, 5) is 2.35. The molecule has 0 aliphatic carbocycles. The summed E-state index contributed by atoms with van der Waals surface area (Å²) in [5.41, 5.74) is 7.18. The summed E-state index contributed by atoms with van der Waals surface area (Å²) >= 11 is 7.67. The topological polar surface area (TPSA) is 26.0 Å². The van der Waals surface area contributed by atoms with Gasteiger partial charge in [0.05, 0.1) is 0 Å². The third kappa shape index (κ3) is 3.52. The highest BCUT2D eigenvalue weighted by Crippen LogP contribution is 2.30. The van der Waals surface area contributed by atoms with Gasteiger partial charge in [-0.3, -0.25) is 0 Å². The van der Waals surface area contributed by atoms with E-state index in [9.17, 15) is 0 Å². The fourth-order valence-corrected chi connectivity index (χ4v) is 2.82. The van der Waals surface area contributed by atoms with E-state index >= 15 is 0 Å². The van der Waals surface area contributed by atoms with Crippen LogP contribution in [0.1, 0.15) is 24.9 Å². The first kappa shape index (κ1) is 13.5. The lowest BCUT2D eigenvalue weighted by Crippen LogP contribution is -2.07. The zero-order chi connectivity index (χ0) is 13.0. The maximum atomic E-state index is 5.99. The van der Waals surface area contributed by atoms with E-state index < -0.39 is 0 Å². The number of rotatable bonds is 4. The normalized spacial score (nSPS) is 12.4. The minimum absolute atomic E-state index is 0.134. The molecule has 0 unspecified atom stereocenters. The van der Waals surface area contributed by atoms with Crippen LogP contribution in [0, 0.1) is 0 Å². The van der Waals surface area contributed by atoms with E-state index in [2.05, 4.69) is 37.3 Å². The molecule has 1 nitrogen and oxygen atoms in total. The Morgan fingerprint density at radius 3 is 2.44 bits per heavy atom. The molecular formula is C15H16ClNS. The quantitative estimate of drug-likeness (QED) is 0.860. The van der Waals surface area contributed by atoms with E-state index in [4.69, 9.17) is 17.3 Å². The van der Waals surface area contributed by atoms with E-state index in [-0.39, 0.29) is 6.04 Å². The van der Waals surface area contributed by atoms with Crippen molar-refractivity contribution in [2.24, 2.45) is 5.73 Å². The third-order valence-electron chi connectivity index (χ3n) is 2.78. The summed E-state index contributed by atoms with van der Waals surface area (Å²) in [5, 5.41) is 0.768. The molecule has 2 N–H and O–H groups in total. The van der Waals surface area contributed by atoms with Crippen LogP contribution in [0.2, 0.25) is 5.02 Å². The van der Waals surface area contributed by atoms with Crippen molar-refractivity contribution in [3.8, 4) is 0 Å². The molecule has 18 heavy (non-hydrogen) atoms. The Morgan fingerprint density at radius 1 is 1.11 bits per heavy atom. The number of hydrogen-bond donors (Lipinski definition) is 1. The first-order chi connectivity index (χ1) is 8.69. The van der Waals surface area contributed by atoms with E-state index in [1.165, 1.54) is 10.5 Å². The monoisotopic (exact) mass is 277 g/mol. The number of halogens is 1. The first-order valence-corrected chi connectivity index (χ1v) is 7.17. The van der Waals surface area contributed by atoms with Crippen molar-refractivity contribution in [2.45, 2.75) is 29.2 Å². The summed E-state index contributed by atoms with van der Waals surface area (Å²) in [6.07, 6.45) is 0.959. The summed E-state index contributed by atoms with van der Waals surface area (Å²) in [6.45, 7) is 2.10. The van der Waals surface area contributed by atoms with Gasteiger partial charge in [0.1, 0.15) is 0 Å². The highest BCUT2D eigenvalue weighted by Gasteiger charge is 2.03. The van der Waals surface area contributed by atoms with Crippen LogP contribution in [-0.4, -0.2) is 0 Å². The molecule has 1 atom stereocenters. The zero-order valence-electron chi connectivity index (χ0n) is 10.3. The van der Waals surface area contributed by atoms with Gasteiger partial charge in [-0.05, 0) is 42.3 Å². The molecule has 0 aliphatic rings. The average molecular weight is 278 g/mol. The molecule has 0 fully saturated rings. The first-order valence-electron chi connectivity index (χ1n) is 5.98. The molecule has 0 spiro atoms. The largest absolute Gasteiger partial charge is 0.324 e. The lowest BCUT2D eigenvalue weighted by Gasteiger charge is -2.09. The molecule has 0 bridgehead atoms. The van der Waals surface area contributed by atoms with Crippen LogP contribution in [0.25, 0.3) is 0 Å². The molecule has 0 aromatic heterocycles. The van der Waals surface area contributed by atoms with Crippen LogP contribution in [0.3, 0.4) is 0 Å². The van der Waals surface area contributed by atoms with Gasteiger partial charge < -0.3 is 5.73 Å². The van der Waals surface area contributed by atoms with Gasteiger partial charge in [-0.25, -0.2) is 0 Å². The van der Waals surface area contributed by atoms with Gasteiger partial charge in [-0.15, -0.1) is 0 Å². The Morgan fingerprint density at radius 2 is 1.83 bits per heavy atom. The van der Waals surface area contributed by atoms with Crippen molar-refractivity contribution >= 4 is 23.4 Å². The van der Waals surface area contributed by atoms with Gasteiger partial charge in [-0.2, -0.15) is 0 Å². The second-order valence-electron chi connectivity index (χ2n) is 4.14. The minimum atomic E-state index is 0.134. The van der Waals surface area contributed by atoms with Crippen molar-refractivity contribution in [3.63, 3.8) is 0 Å². The van der Waals surface area contributed by atoms with Gasteiger partial charge in [-0.1, -0.05) is 48.5 Å². The van der Waals surface area contributed by atoms with Crippen LogP contribution < -0.4 is 5.73 Å². The second-order valence-corrected chi connectivity index (χ2v) is 5.73. The van der Waals surface area contributed by atoms with Crippen molar-refractivity contribution in [2.75, 3.05) is 0 Å². The molecule has 0 heterocycles. The molecule has 2 aromatic rings. The highest BCUT2D eigenvalue weighted by atomic mass is 35.5. The molecule has 0 aliphatic heterocycles. The van der Waals surface area contributed by atoms with E-state index in [0.717, 1.165) is 16.3 Å². The standard InChI is InChI=1S/C15H16ClNS/c1-2-15(17)11-6-8-13(9-7-11)18-14-5-3-4-12(16)10-14/h3-10,15H,2,17H2,1H3/t15-/m1/s1. The average Bonchev–Trinajstić information content (AvgIpc) is 2.39. The molecule has 2 rings (SSSR count). The lowest BCUT2D eigenvalue weighted by molar-refractivity contribution is 0.698. The van der Waals surface area contributed by atoms with Crippen LogP contribution in [0.4, 0.5) is 0 Å². The Balaban J connectivity index is 2.11. The van der Waals surface area contributed by atoms with Gasteiger partial charge in [0.25, 0.3) is 0 Å². The smallest absolute Gasteiger partial charge is 0.0417 e. The van der Waals surface area contributed by atoms with E-state index in [1.54, 1.807) is 11.8 Å². The maximum Gasteiger partial charge on any atom is 0.0417 e. The van der Waals surface area contributed by atoms with Gasteiger partial charge in [0.2, 0.25) is 0 Å². The Bertz CT molecular complexity index is 510. The number of hydrogen-bond acceptors (Lipinski definition) is 2. The summed E-state index contributed by atoms with van der Waals surface area (Å²) < 4.78 is 0. The third-order valence-corrected chi connectivity index (χ3v) is 4.01. The predicted octanol–water partition coefficient (Wildman–Crippen LogP) is 4.90. The molecular weight excluding hydrogens is 262 g/mol. The van der Waals surface area contributed by atoms with Crippen molar-refractivity contribution in [1.29, 1.82) is 0 Å². The van der Waals surface area contributed by atoms with Gasteiger partial charge in [0.15, 0.2) is 0 Å². The van der Waals surface area contributed by atoms with Crippen molar-refractivity contribution in [1.82, 2.24) is 0 Å². The lowest BCUT2D eigenvalue weighted by atomic mass is 10.1. The molecule has 0 saturated carbocycles. The molecule has 2 aromatic carbocycles. The number of nitrogens with two attached hydrogens (primary N) is 1. The highest BCUT2D eigenvalue weighted by molar-refractivity contribution is 7.99. The zero-order valence-corrected chi connectivity index (χ0v) is 11.8. The Hall–Kier alpha value is -0.960. The number of benzene rings is 2. The van der Waals surface area contributed by atoms with Gasteiger partial charge in [0, 0.05) is 20.9 Å². The van der Waals surface area contributed by atoms with Crippen LogP contribution in [-0.2, 0) is 0 Å². The SMILES string of the molecule is CC[C@@H](N)c1ccc(Sc2cccc(Cl)c2)cc1. The fraction of sp³-hybridized carbons (Fsp3) is 0.200. The molecule has 0 amide bonds. The fourth-order valence-electron chi connectivity index (χ4n) is 1.69. The Kier molecular flexibility index (Phi) is 4.70. The molecule has 94 valence electrons. The van der Waals surface area contributed by atoms with E-state index in [1.807, 2.05) is 18.2 Å². The van der Waals surface area contributed by atoms with Gasteiger partial charge >= 0.3 is 0 Å². The summed E-state index contributed by atoms with van der Waals surface area (Å²) in [7, 11) is 0. The van der Waals surface area contributed by atoms with Crippen LogP contribution in [0.5, 0.6) is 0 Å². The van der Waals surface area contributed by atoms with Crippen molar-refractivity contribution in [3.05, 3.63) is 59.1 Å². The van der Waals surface area contributed by atoms with Crippen LogP contribution >= 0.6 is 23.4 Å².